The Morgan fingerprint density at radius 1 is 1.03 bits per heavy atom. The summed E-state index contributed by atoms with van der Waals surface area (Å²) in [7, 11) is 1.49. The Bertz CT molecular complexity index is 1190. The Morgan fingerprint density at radius 3 is 2.47 bits per heavy atom. The number of amides is 2. The molecule has 0 aliphatic heterocycles. The van der Waals surface area contributed by atoms with E-state index in [1.807, 2.05) is 0 Å². The minimum atomic E-state index is -0.778. The summed E-state index contributed by atoms with van der Waals surface area (Å²) in [6.07, 6.45) is -0.682. The summed E-state index contributed by atoms with van der Waals surface area (Å²) >= 11 is 0. The van der Waals surface area contributed by atoms with Gasteiger partial charge < -0.3 is 14.8 Å². The lowest BCUT2D eigenvalue weighted by Crippen LogP contribution is -2.27. The van der Waals surface area contributed by atoms with E-state index in [0.29, 0.717) is 17.1 Å². The van der Waals surface area contributed by atoms with Crippen molar-refractivity contribution in [3.05, 3.63) is 82.0 Å². The van der Waals surface area contributed by atoms with E-state index < -0.39 is 28.9 Å². The molecule has 0 radical (unpaired) electrons. The molecule has 1 aromatic heterocycles. The number of carbonyl (C=O) groups excluding carboxylic acids is 2. The first-order valence-corrected chi connectivity index (χ1v) is 9.59. The molecule has 166 valence electrons. The van der Waals surface area contributed by atoms with Crippen LogP contribution in [0, 0.1) is 12.7 Å². The number of aryl methyl sites for hydroxylation is 1. The zero-order valence-corrected chi connectivity index (χ0v) is 17.4. The fourth-order valence-electron chi connectivity index (χ4n) is 2.81. The van der Waals surface area contributed by atoms with Crippen molar-refractivity contribution in [1.82, 2.24) is 9.78 Å². The number of hydrogen-bond donors (Lipinski definition) is 2. The number of ether oxygens (including phenoxy) is 2. The van der Waals surface area contributed by atoms with Crippen LogP contribution in [0.5, 0.6) is 0 Å². The number of anilines is 2. The smallest absolute Gasteiger partial charge is 0.411 e. The highest BCUT2D eigenvalue weighted by atomic mass is 19.1. The molecule has 0 fully saturated rings. The second-order valence-electron chi connectivity index (χ2n) is 6.65. The minimum absolute atomic E-state index is 0.0894. The molecular weight excluding hydrogens is 419 g/mol. The van der Waals surface area contributed by atoms with Gasteiger partial charge in [-0.2, -0.15) is 5.10 Å². The van der Waals surface area contributed by atoms with E-state index in [0.717, 1.165) is 0 Å². The number of methoxy groups -OCH3 is 1. The first-order chi connectivity index (χ1) is 15.4. The summed E-state index contributed by atoms with van der Waals surface area (Å²) in [6.45, 7) is 1.94. The number of aromatic nitrogens is 2. The summed E-state index contributed by atoms with van der Waals surface area (Å²) in [5.41, 5.74) is 0.140. The lowest BCUT2D eigenvalue weighted by molar-refractivity contribution is 0.101. The monoisotopic (exact) mass is 440 g/mol. The fraction of sp³-hybridized carbons (Fsp3) is 0.182. The van der Waals surface area contributed by atoms with Gasteiger partial charge in [-0.15, -0.1) is 0 Å². The number of carbonyl (C=O) groups is 2. The van der Waals surface area contributed by atoms with Gasteiger partial charge in [-0.3, -0.25) is 14.9 Å². The molecule has 10 heteroatoms. The summed E-state index contributed by atoms with van der Waals surface area (Å²) in [5, 5.41) is 9.14. The van der Waals surface area contributed by atoms with Gasteiger partial charge in [0, 0.05) is 30.2 Å². The van der Waals surface area contributed by atoms with Crippen molar-refractivity contribution in [2.24, 2.45) is 0 Å². The van der Waals surface area contributed by atoms with Crippen molar-refractivity contribution in [1.29, 1.82) is 0 Å². The molecular formula is C22H21FN4O5. The fourth-order valence-corrected chi connectivity index (χ4v) is 2.81. The first kappa shape index (κ1) is 22.6. The normalized spacial score (nSPS) is 10.5. The molecule has 2 aromatic carbocycles. The van der Waals surface area contributed by atoms with E-state index in [2.05, 4.69) is 15.7 Å². The first-order valence-electron chi connectivity index (χ1n) is 9.59. The van der Waals surface area contributed by atoms with Crippen LogP contribution in [0.4, 0.5) is 20.6 Å². The molecule has 1 heterocycles. The third kappa shape index (κ3) is 5.55. The van der Waals surface area contributed by atoms with E-state index in [1.165, 1.54) is 42.1 Å². The van der Waals surface area contributed by atoms with Crippen LogP contribution < -0.4 is 16.1 Å². The summed E-state index contributed by atoms with van der Waals surface area (Å²) in [4.78, 5) is 36.8. The maximum Gasteiger partial charge on any atom is 0.411 e. The van der Waals surface area contributed by atoms with Gasteiger partial charge in [0.2, 0.25) is 5.43 Å². The van der Waals surface area contributed by atoms with Crippen molar-refractivity contribution < 1.29 is 23.5 Å². The third-order valence-corrected chi connectivity index (χ3v) is 4.29. The molecule has 32 heavy (non-hydrogen) atoms. The Labute approximate surface area is 182 Å². The average molecular weight is 440 g/mol. The van der Waals surface area contributed by atoms with Crippen LogP contribution in [0.2, 0.25) is 0 Å². The van der Waals surface area contributed by atoms with Gasteiger partial charge in [0.15, 0.2) is 5.69 Å². The predicted octanol–water partition coefficient (Wildman–Crippen LogP) is 3.13. The lowest BCUT2D eigenvalue weighted by Gasteiger charge is -2.12. The maximum atomic E-state index is 14.2. The molecule has 0 bridgehead atoms. The molecule has 0 aliphatic carbocycles. The molecule has 3 rings (SSSR count). The lowest BCUT2D eigenvalue weighted by atomic mass is 10.2. The molecule has 0 spiro atoms. The molecule has 9 nitrogen and oxygen atoms in total. The predicted molar refractivity (Wildman–Crippen MR) is 116 cm³/mol. The quantitative estimate of drug-likeness (QED) is 0.546. The van der Waals surface area contributed by atoms with Crippen LogP contribution in [0.15, 0.2) is 59.4 Å². The van der Waals surface area contributed by atoms with E-state index in [4.69, 9.17) is 9.47 Å². The van der Waals surface area contributed by atoms with Crippen LogP contribution in [-0.2, 0) is 9.47 Å². The SMILES string of the molecule is COCCOC(=O)Nc1cccc(NC(=O)c2nn(-c3ccccc3F)c(C)cc2=O)c1. The van der Waals surface area contributed by atoms with Crippen molar-refractivity contribution in [3.8, 4) is 5.69 Å². The van der Waals surface area contributed by atoms with E-state index in [1.54, 1.807) is 31.2 Å². The van der Waals surface area contributed by atoms with Crippen molar-refractivity contribution >= 4 is 23.4 Å². The number of para-hydroxylation sites is 1. The van der Waals surface area contributed by atoms with Crippen molar-refractivity contribution in [2.45, 2.75) is 6.92 Å². The Hall–Kier alpha value is -4.05. The Morgan fingerprint density at radius 2 is 1.75 bits per heavy atom. The van der Waals surface area contributed by atoms with E-state index in [-0.39, 0.29) is 18.9 Å². The van der Waals surface area contributed by atoms with Gasteiger partial charge >= 0.3 is 6.09 Å². The molecule has 0 unspecified atom stereocenters. The standard InChI is InChI=1S/C22H21FN4O5/c1-14-12-19(28)20(26-27(14)18-9-4-3-8-17(18)23)21(29)24-15-6-5-7-16(13-15)25-22(30)32-11-10-31-2/h3-9,12-13H,10-11H2,1-2H3,(H,24,29)(H,25,30). The number of benzene rings is 2. The Balaban J connectivity index is 1.79. The van der Waals surface area contributed by atoms with Crippen LogP contribution >= 0.6 is 0 Å². The zero-order valence-electron chi connectivity index (χ0n) is 17.4. The van der Waals surface area contributed by atoms with Gasteiger partial charge in [0.25, 0.3) is 5.91 Å². The van der Waals surface area contributed by atoms with Gasteiger partial charge in [-0.25, -0.2) is 13.9 Å². The highest BCUT2D eigenvalue weighted by molar-refractivity contribution is 6.03. The number of hydrogen-bond acceptors (Lipinski definition) is 6. The topological polar surface area (TPSA) is 112 Å². The molecule has 2 amide bonds. The maximum absolute atomic E-state index is 14.2. The minimum Gasteiger partial charge on any atom is -0.447 e. The van der Waals surface area contributed by atoms with Crippen LogP contribution in [0.1, 0.15) is 16.2 Å². The summed E-state index contributed by atoms with van der Waals surface area (Å²) in [5.74, 6) is -1.32. The van der Waals surface area contributed by atoms with Crippen LogP contribution in [-0.4, -0.2) is 42.1 Å². The highest BCUT2D eigenvalue weighted by Gasteiger charge is 2.17. The van der Waals surface area contributed by atoms with Crippen molar-refractivity contribution in [2.75, 3.05) is 31.0 Å². The van der Waals surface area contributed by atoms with Crippen LogP contribution in [0.3, 0.4) is 0 Å². The molecule has 0 aliphatic rings. The average Bonchev–Trinajstić information content (AvgIpc) is 2.75. The number of nitrogens with zero attached hydrogens (tertiary/aromatic N) is 2. The van der Waals surface area contributed by atoms with Crippen molar-refractivity contribution in [3.63, 3.8) is 0 Å². The van der Waals surface area contributed by atoms with E-state index in [9.17, 15) is 18.8 Å². The van der Waals surface area contributed by atoms with Gasteiger partial charge in [0.05, 0.1) is 6.61 Å². The molecule has 0 saturated carbocycles. The second-order valence-corrected chi connectivity index (χ2v) is 6.65. The van der Waals surface area contributed by atoms with Gasteiger partial charge in [-0.05, 0) is 37.3 Å². The molecule has 3 aromatic rings. The van der Waals surface area contributed by atoms with Gasteiger partial charge in [-0.1, -0.05) is 18.2 Å². The Kier molecular flexibility index (Phi) is 7.29. The van der Waals surface area contributed by atoms with Crippen LogP contribution in [0.25, 0.3) is 5.69 Å². The highest BCUT2D eigenvalue weighted by Crippen LogP contribution is 2.17. The molecule has 2 N–H and O–H groups in total. The summed E-state index contributed by atoms with van der Waals surface area (Å²) < 4.78 is 25.1. The number of halogens is 1. The zero-order chi connectivity index (χ0) is 23.1. The molecule has 0 atom stereocenters. The number of rotatable bonds is 7. The third-order valence-electron chi connectivity index (χ3n) is 4.29. The van der Waals surface area contributed by atoms with Gasteiger partial charge in [0.1, 0.15) is 18.1 Å². The number of nitrogens with one attached hydrogen (secondary N) is 2. The second kappa shape index (κ2) is 10.3. The molecule has 0 saturated heterocycles. The largest absolute Gasteiger partial charge is 0.447 e. The van der Waals surface area contributed by atoms with E-state index >= 15 is 0 Å². The summed E-state index contributed by atoms with van der Waals surface area (Å²) in [6, 6.07) is 13.4.